The third-order valence-electron chi connectivity index (χ3n) is 3.30. The molecule has 0 atom stereocenters. The van der Waals surface area contributed by atoms with Crippen molar-refractivity contribution < 1.29 is 9.47 Å². The van der Waals surface area contributed by atoms with Crippen molar-refractivity contribution in [2.45, 2.75) is 24.9 Å². The fourth-order valence-corrected chi connectivity index (χ4v) is 2.17. The Morgan fingerprint density at radius 1 is 1.33 bits per heavy atom. The molecule has 1 fully saturated rings. The Morgan fingerprint density at radius 3 is 2.87 bits per heavy atom. The summed E-state index contributed by atoms with van der Waals surface area (Å²) < 4.78 is 11.2. The molecule has 0 saturated heterocycles. The summed E-state index contributed by atoms with van der Waals surface area (Å²) in [6.07, 6.45) is 7.92. The molecule has 0 aromatic heterocycles. The highest BCUT2D eigenvalue weighted by atomic mass is 16.5. The van der Waals surface area contributed by atoms with Crippen molar-refractivity contribution in [1.29, 1.82) is 0 Å². The number of methoxy groups -OCH3 is 1. The van der Waals surface area contributed by atoms with Crippen molar-refractivity contribution in [3.63, 3.8) is 0 Å². The van der Waals surface area contributed by atoms with Crippen LogP contribution in [0.2, 0.25) is 0 Å². The van der Waals surface area contributed by atoms with Crippen LogP contribution in [0.5, 0.6) is 11.5 Å². The molecule has 1 aromatic rings. The van der Waals surface area contributed by atoms with E-state index in [4.69, 9.17) is 9.47 Å². The van der Waals surface area contributed by atoms with Gasteiger partial charge >= 0.3 is 0 Å². The number of fused-ring (bicyclic) bond motifs is 1. The molecule has 1 spiro atoms. The van der Waals surface area contributed by atoms with Gasteiger partial charge in [0.25, 0.3) is 0 Å². The highest BCUT2D eigenvalue weighted by Gasteiger charge is 2.38. The van der Waals surface area contributed by atoms with Gasteiger partial charge in [0.15, 0.2) is 0 Å². The van der Waals surface area contributed by atoms with Crippen molar-refractivity contribution >= 4 is 6.08 Å². The van der Waals surface area contributed by atoms with Gasteiger partial charge in [0.05, 0.1) is 7.11 Å². The molecule has 15 heavy (non-hydrogen) atoms. The SMILES string of the molecule is COc1ccc2c(c1)C=CC1(CCC1)O2. The van der Waals surface area contributed by atoms with E-state index in [1.54, 1.807) is 7.11 Å². The van der Waals surface area contributed by atoms with Gasteiger partial charge in [-0.3, -0.25) is 0 Å². The van der Waals surface area contributed by atoms with Crippen LogP contribution in [0.15, 0.2) is 24.3 Å². The molecule has 2 heteroatoms. The van der Waals surface area contributed by atoms with Crippen LogP contribution in [-0.2, 0) is 0 Å². The lowest BCUT2D eigenvalue weighted by Gasteiger charge is -2.41. The lowest BCUT2D eigenvalue weighted by Crippen LogP contribution is -2.42. The van der Waals surface area contributed by atoms with E-state index in [2.05, 4.69) is 12.2 Å². The summed E-state index contributed by atoms with van der Waals surface area (Å²) in [7, 11) is 1.68. The fraction of sp³-hybridized carbons (Fsp3) is 0.385. The van der Waals surface area contributed by atoms with Crippen LogP contribution >= 0.6 is 0 Å². The number of hydrogen-bond acceptors (Lipinski definition) is 2. The van der Waals surface area contributed by atoms with Gasteiger partial charge in [-0.25, -0.2) is 0 Å². The normalized spacial score (nSPS) is 20.3. The van der Waals surface area contributed by atoms with E-state index in [-0.39, 0.29) is 5.60 Å². The average molecular weight is 202 g/mol. The molecule has 1 aliphatic carbocycles. The topological polar surface area (TPSA) is 18.5 Å². The average Bonchev–Trinajstić information content (AvgIpc) is 2.25. The van der Waals surface area contributed by atoms with Gasteiger partial charge in [-0.1, -0.05) is 6.08 Å². The first kappa shape index (κ1) is 8.84. The van der Waals surface area contributed by atoms with E-state index >= 15 is 0 Å². The second kappa shape index (κ2) is 3.02. The van der Waals surface area contributed by atoms with Gasteiger partial charge in [-0.2, -0.15) is 0 Å². The van der Waals surface area contributed by atoms with Crippen molar-refractivity contribution in [1.82, 2.24) is 0 Å². The summed E-state index contributed by atoms with van der Waals surface area (Å²) in [6.45, 7) is 0. The van der Waals surface area contributed by atoms with Crippen molar-refractivity contribution in [3.8, 4) is 11.5 Å². The van der Waals surface area contributed by atoms with Gasteiger partial charge < -0.3 is 9.47 Å². The number of ether oxygens (including phenoxy) is 2. The summed E-state index contributed by atoms with van der Waals surface area (Å²) >= 11 is 0. The zero-order valence-corrected chi connectivity index (χ0v) is 8.82. The van der Waals surface area contributed by atoms with Crippen LogP contribution in [-0.4, -0.2) is 12.7 Å². The maximum absolute atomic E-state index is 6.01. The Bertz CT molecular complexity index is 417. The van der Waals surface area contributed by atoms with Crippen molar-refractivity contribution in [2.24, 2.45) is 0 Å². The van der Waals surface area contributed by atoms with Crippen LogP contribution in [0.25, 0.3) is 6.08 Å². The van der Waals surface area contributed by atoms with E-state index in [9.17, 15) is 0 Å². The van der Waals surface area contributed by atoms with E-state index in [1.807, 2.05) is 18.2 Å². The second-order valence-electron chi connectivity index (χ2n) is 4.26. The highest BCUT2D eigenvalue weighted by Crippen LogP contribution is 2.43. The van der Waals surface area contributed by atoms with E-state index in [0.29, 0.717) is 0 Å². The zero-order chi connectivity index (χ0) is 10.3. The first-order valence-corrected chi connectivity index (χ1v) is 5.38. The van der Waals surface area contributed by atoms with E-state index < -0.39 is 0 Å². The van der Waals surface area contributed by atoms with Gasteiger partial charge in [0.2, 0.25) is 0 Å². The summed E-state index contributed by atoms with van der Waals surface area (Å²) in [5.74, 6) is 1.87. The minimum absolute atomic E-state index is 0.0155. The number of rotatable bonds is 1. The largest absolute Gasteiger partial charge is 0.497 e. The predicted molar refractivity (Wildman–Crippen MR) is 59.2 cm³/mol. The molecule has 0 radical (unpaired) electrons. The molecular formula is C13H14O2. The first-order chi connectivity index (χ1) is 7.31. The molecule has 0 N–H and O–H groups in total. The molecular weight excluding hydrogens is 188 g/mol. The molecule has 2 aliphatic rings. The fourth-order valence-electron chi connectivity index (χ4n) is 2.17. The lowest BCUT2D eigenvalue weighted by atomic mass is 9.78. The minimum Gasteiger partial charge on any atom is -0.497 e. The van der Waals surface area contributed by atoms with Gasteiger partial charge in [-0.05, 0) is 43.5 Å². The van der Waals surface area contributed by atoms with Crippen LogP contribution < -0.4 is 9.47 Å². The zero-order valence-electron chi connectivity index (χ0n) is 8.82. The molecule has 0 bridgehead atoms. The van der Waals surface area contributed by atoms with Crippen LogP contribution in [0.4, 0.5) is 0 Å². The van der Waals surface area contributed by atoms with Gasteiger partial charge in [0, 0.05) is 5.56 Å². The van der Waals surface area contributed by atoms with E-state index in [1.165, 1.54) is 6.42 Å². The molecule has 2 nitrogen and oxygen atoms in total. The third kappa shape index (κ3) is 1.32. The monoisotopic (exact) mass is 202 g/mol. The van der Waals surface area contributed by atoms with E-state index in [0.717, 1.165) is 29.9 Å². The predicted octanol–water partition coefficient (Wildman–Crippen LogP) is 3.02. The highest BCUT2D eigenvalue weighted by molar-refractivity contribution is 5.63. The summed E-state index contributed by atoms with van der Waals surface area (Å²) in [5.41, 5.74) is 1.13. The quantitative estimate of drug-likeness (QED) is 0.697. The molecule has 0 unspecified atom stereocenters. The maximum atomic E-state index is 6.01. The number of benzene rings is 1. The van der Waals surface area contributed by atoms with Gasteiger partial charge in [-0.15, -0.1) is 0 Å². The molecule has 0 amide bonds. The second-order valence-corrected chi connectivity index (χ2v) is 4.26. The third-order valence-corrected chi connectivity index (χ3v) is 3.30. The molecule has 3 rings (SSSR count). The van der Waals surface area contributed by atoms with Crippen molar-refractivity contribution in [2.75, 3.05) is 7.11 Å². The lowest BCUT2D eigenvalue weighted by molar-refractivity contribution is 0.0382. The Kier molecular flexibility index (Phi) is 1.78. The molecule has 1 aliphatic heterocycles. The Labute approximate surface area is 89.5 Å². The van der Waals surface area contributed by atoms with Crippen LogP contribution in [0, 0.1) is 0 Å². The Morgan fingerprint density at radius 2 is 2.20 bits per heavy atom. The summed E-state index contributed by atoms with van der Waals surface area (Å²) in [6, 6.07) is 5.96. The van der Waals surface area contributed by atoms with Crippen molar-refractivity contribution in [3.05, 3.63) is 29.8 Å². The summed E-state index contributed by atoms with van der Waals surface area (Å²) in [5, 5.41) is 0. The first-order valence-electron chi connectivity index (χ1n) is 5.38. The molecule has 1 aromatic carbocycles. The Balaban J connectivity index is 1.97. The summed E-state index contributed by atoms with van der Waals surface area (Å²) in [4.78, 5) is 0. The van der Waals surface area contributed by atoms with Crippen LogP contribution in [0.1, 0.15) is 24.8 Å². The van der Waals surface area contributed by atoms with Crippen LogP contribution in [0.3, 0.4) is 0 Å². The standard InChI is InChI=1S/C13H14O2/c1-14-11-3-4-12-10(9-11)5-8-13(15-12)6-2-7-13/h3-5,8-9H,2,6-7H2,1H3. The smallest absolute Gasteiger partial charge is 0.128 e. The maximum Gasteiger partial charge on any atom is 0.128 e. The van der Waals surface area contributed by atoms with Gasteiger partial charge in [0.1, 0.15) is 17.1 Å². The molecule has 78 valence electrons. The number of hydrogen-bond donors (Lipinski definition) is 0. The Hall–Kier alpha value is -1.44. The molecule has 1 heterocycles. The molecule has 1 saturated carbocycles. The minimum atomic E-state index is 0.0155.